The molecule has 28 heavy (non-hydrogen) atoms. The first kappa shape index (κ1) is 20.0. The second-order valence-electron chi connectivity index (χ2n) is 7.13. The van der Waals surface area contributed by atoms with Crippen molar-refractivity contribution in [2.75, 3.05) is 13.7 Å². The van der Waals surface area contributed by atoms with Crippen molar-refractivity contribution in [3.05, 3.63) is 70.3 Å². The summed E-state index contributed by atoms with van der Waals surface area (Å²) in [5.41, 5.74) is 1.25. The van der Waals surface area contributed by atoms with Gasteiger partial charge in [-0.05, 0) is 47.9 Å². The molecule has 3 rings (SSSR count). The van der Waals surface area contributed by atoms with Crippen LogP contribution in [0.1, 0.15) is 31.0 Å². The Labute approximate surface area is 169 Å². The predicted molar refractivity (Wildman–Crippen MR) is 108 cm³/mol. The van der Waals surface area contributed by atoms with E-state index in [1.54, 1.807) is 55.6 Å². The van der Waals surface area contributed by atoms with Crippen molar-refractivity contribution < 1.29 is 19.4 Å². The second-order valence-corrected chi connectivity index (χ2v) is 7.56. The number of ether oxygens (including phenoxy) is 1. The molecule has 1 atom stereocenters. The number of ketones is 1. The number of carbonyl (C=O) groups is 2. The Morgan fingerprint density at radius 2 is 1.71 bits per heavy atom. The van der Waals surface area contributed by atoms with Crippen LogP contribution in [-0.4, -0.2) is 35.4 Å². The van der Waals surface area contributed by atoms with E-state index in [1.807, 2.05) is 13.8 Å². The molecular weight excluding hydrogens is 378 g/mol. The third-order valence-electron chi connectivity index (χ3n) is 4.65. The molecule has 2 aromatic rings. The van der Waals surface area contributed by atoms with Gasteiger partial charge in [0.2, 0.25) is 0 Å². The van der Waals surface area contributed by atoms with Crippen molar-refractivity contribution >= 4 is 29.1 Å². The van der Waals surface area contributed by atoms with E-state index in [-0.39, 0.29) is 17.3 Å². The third kappa shape index (κ3) is 3.76. The van der Waals surface area contributed by atoms with Crippen LogP contribution < -0.4 is 4.74 Å². The van der Waals surface area contributed by atoms with Crippen LogP contribution in [0, 0.1) is 5.92 Å². The smallest absolute Gasteiger partial charge is 0.295 e. The van der Waals surface area contributed by atoms with E-state index < -0.39 is 17.7 Å². The lowest BCUT2D eigenvalue weighted by molar-refractivity contribution is -0.140. The van der Waals surface area contributed by atoms with Crippen LogP contribution in [-0.2, 0) is 9.59 Å². The minimum absolute atomic E-state index is 0.0816. The molecule has 1 fully saturated rings. The highest BCUT2D eigenvalue weighted by molar-refractivity contribution is 6.46. The van der Waals surface area contributed by atoms with E-state index in [2.05, 4.69) is 0 Å². The molecule has 0 saturated carbocycles. The summed E-state index contributed by atoms with van der Waals surface area (Å²) in [6.45, 7) is 4.35. The Hall–Kier alpha value is -2.79. The minimum atomic E-state index is -0.686. The number of methoxy groups -OCH3 is 1. The quantitative estimate of drug-likeness (QED) is 0.459. The zero-order valence-corrected chi connectivity index (χ0v) is 16.7. The number of carbonyl (C=O) groups excluding carboxylic acids is 2. The van der Waals surface area contributed by atoms with Crippen molar-refractivity contribution in [1.29, 1.82) is 0 Å². The zero-order valence-electron chi connectivity index (χ0n) is 16.0. The van der Waals surface area contributed by atoms with E-state index in [9.17, 15) is 14.7 Å². The van der Waals surface area contributed by atoms with Crippen molar-refractivity contribution in [2.24, 2.45) is 5.92 Å². The van der Waals surface area contributed by atoms with Gasteiger partial charge in [-0.15, -0.1) is 0 Å². The maximum absolute atomic E-state index is 12.8. The van der Waals surface area contributed by atoms with Gasteiger partial charge in [-0.25, -0.2) is 0 Å². The summed E-state index contributed by atoms with van der Waals surface area (Å²) in [5, 5.41) is 11.4. The molecule has 2 aromatic carbocycles. The van der Waals surface area contributed by atoms with Crippen LogP contribution in [0.5, 0.6) is 5.75 Å². The van der Waals surface area contributed by atoms with Gasteiger partial charge in [0.1, 0.15) is 11.5 Å². The van der Waals surface area contributed by atoms with Gasteiger partial charge in [-0.1, -0.05) is 37.6 Å². The summed E-state index contributed by atoms with van der Waals surface area (Å²) in [7, 11) is 1.57. The molecule has 1 unspecified atom stereocenters. The van der Waals surface area contributed by atoms with E-state index in [0.29, 0.717) is 22.9 Å². The van der Waals surface area contributed by atoms with Gasteiger partial charge in [0, 0.05) is 17.1 Å². The van der Waals surface area contributed by atoms with Gasteiger partial charge >= 0.3 is 0 Å². The Balaban J connectivity index is 2.16. The summed E-state index contributed by atoms with van der Waals surface area (Å²) in [4.78, 5) is 27.1. The molecule has 0 radical (unpaired) electrons. The number of Topliss-reactive ketones (excluding diaryl/α,β-unsaturated/α-hetero) is 1. The van der Waals surface area contributed by atoms with Crippen molar-refractivity contribution in [3.63, 3.8) is 0 Å². The topological polar surface area (TPSA) is 66.8 Å². The number of benzene rings is 2. The number of hydrogen-bond donors (Lipinski definition) is 1. The second kappa shape index (κ2) is 8.07. The molecule has 0 spiro atoms. The Morgan fingerprint density at radius 1 is 1.11 bits per heavy atom. The molecule has 146 valence electrons. The maximum Gasteiger partial charge on any atom is 0.295 e. The first-order valence-corrected chi connectivity index (χ1v) is 9.39. The third-order valence-corrected chi connectivity index (χ3v) is 4.90. The summed E-state index contributed by atoms with van der Waals surface area (Å²) >= 11 is 5.92. The molecule has 1 aliphatic heterocycles. The molecule has 0 bridgehead atoms. The molecule has 0 aliphatic carbocycles. The summed E-state index contributed by atoms with van der Waals surface area (Å²) in [5.74, 6) is -0.669. The fourth-order valence-electron chi connectivity index (χ4n) is 3.36. The van der Waals surface area contributed by atoms with Crippen LogP contribution in [0.25, 0.3) is 5.76 Å². The zero-order chi connectivity index (χ0) is 20.4. The summed E-state index contributed by atoms with van der Waals surface area (Å²) in [6, 6.07) is 13.0. The van der Waals surface area contributed by atoms with E-state index in [4.69, 9.17) is 16.3 Å². The lowest BCUT2D eigenvalue weighted by Gasteiger charge is -2.27. The monoisotopic (exact) mass is 399 g/mol. The van der Waals surface area contributed by atoms with Gasteiger partial charge in [0.05, 0.1) is 18.7 Å². The molecular formula is C22H22ClNO4. The van der Waals surface area contributed by atoms with Crippen molar-refractivity contribution in [2.45, 2.75) is 19.9 Å². The fraction of sp³-hybridized carbons (Fsp3) is 0.273. The number of rotatable bonds is 5. The average Bonchev–Trinajstić information content (AvgIpc) is 2.92. The molecule has 1 N–H and O–H groups in total. The molecule has 6 heteroatoms. The van der Waals surface area contributed by atoms with Gasteiger partial charge < -0.3 is 14.7 Å². The summed E-state index contributed by atoms with van der Waals surface area (Å²) in [6.07, 6.45) is 0. The van der Waals surface area contributed by atoms with E-state index >= 15 is 0 Å². The Bertz CT molecular complexity index is 917. The highest BCUT2D eigenvalue weighted by Gasteiger charge is 2.46. The number of hydrogen-bond acceptors (Lipinski definition) is 4. The van der Waals surface area contributed by atoms with Crippen LogP contribution >= 0.6 is 11.6 Å². The first-order valence-electron chi connectivity index (χ1n) is 9.01. The van der Waals surface area contributed by atoms with E-state index in [0.717, 1.165) is 5.56 Å². The minimum Gasteiger partial charge on any atom is -0.507 e. The highest BCUT2D eigenvalue weighted by atomic mass is 35.5. The number of halogens is 1. The molecule has 0 aromatic heterocycles. The predicted octanol–water partition coefficient (Wildman–Crippen LogP) is 4.43. The Morgan fingerprint density at radius 3 is 2.25 bits per heavy atom. The van der Waals surface area contributed by atoms with Gasteiger partial charge in [-0.3, -0.25) is 9.59 Å². The number of amides is 1. The van der Waals surface area contributed by atoms with Crippen LogP contribution in [0.15, 0.2) is 54.1 Å². The molecule has 1 amide bonds. The van der Waals surface area contributed by atoms with Crippen LogP contribution in [0.2, 0.25) is 5.02 Å². The normalized spacial score (nSPS) is 18.8. The van der Waals surface area contributed by atoms with E-state index in [1.165, 1.54) is 4.90 Å². The number of aliphatic hydroxyl groups excluding tert-OH is 1. The van der Waals surface area contributed by atoms with Crippen LogP contribution in [0.3, 0.4) is 0 Å². The number of likely N-dealkylation sites (tertiary alicyclic amines) is 1. The number of aliphatic hydroxyl groups is 1. The molecule has 1 saturated heterocycles. The van der Waals surface area contributed by atoms with Crippen LogP contribution in [0.4, 0.5) is 0 Å². The largest absolute Gasteiger partial charge is 0.507 e. The lowest BCUT2D eigenvalue weighted by Crippen LogP contribution is -2.33. The van der Waals surface area contributed by atoms with Crippen molar-refractivity contribution in [3.8, 4) is 5.75 Å². The lowest BCUT2D eigenvalue weighted by atomic mass is 9.95. The molecule has 1 aliphatic rings. The van der Waals surface area contributed by atoms with Crippen molar-refractivity contribution in [1.82, 2.24) is 4.90 Å². The van der Waals surface area contributed by atoms with Gasteiger partial charge in [0.25, 0.3) is 11.7 Å². The maximum atomic E-state index is 12.8. The summed E-state index contributed by atoms with van der Waals surface area (Å²) < 4.78 is 5.20. The standard InChI is InChI=1S/C22H22ClNO4/c1-13(2)12-24-19(14-6-10-17(28-3)11-7-14)18(21(26)22(24)27)20(25)15-4-8-16(23)9-5-15/h4-11,13,19,25H,12H2,1-3H3. The fourth-order valence-corrected chi connectivity index (χ4v) is 3.48. The van der Waals surface area contributed by atoms with Gasteiger partial charge in [0.15, 0.2) is 0 Å². The number of nitrogens with zero attached hydrogens (tertiary/aromatic N) is 1. The highest BCUT2D eigenvalue weighted by Crippen LogP contribution is 2.40. The molecule has 1 heterocycles. The van der Waals surface area contributed by atoms with Gasteiger partial charge in [-0.2, -0.15) is 0 Å². The SMILES string of the molecule is COc1ccc(C2C(=C(O)c3ccc(Cl)cc3)C(=O)C(=O)N2CC(C)C)cc1. The average molecular weight is 400 g/mol. The Kier molecular flexibility index (Phi) is 5.75. The first-order chi connectivity index (χ1) is 13.3. The molecule has 5 nitrogen and oxygen atoms in total.